The minimum atomic E-state index is -0.904. The SMILES string of the molecule is C=C(C)C(=O)OCCCOc1ccc(C(=O)Oc2ccc(OC(=O)c3ccc(OCCCOC(=O)C(=C)C)cc3)c(F)c2)cc1. The molecule has 0 aromatic heterocycles. The third-order valence-corrected chi connectivity index (χ3v) is 5.77. The molecule has 0 aliphatic carbocycles. The lowest BCUT2D eigenvalue weighted by molar-refractivity contribution is -0.140. The summed E-state index contributed by atoms with van der Waals surface area (Å²) in [4.78, 5) is 47.7. The van der Waals surface area contributed by atoms with Crippen LogP contribution in [0.3, 0.4) is 0 Å². The minimum Gasteiger partial charge on any atom is -0.493 e. The van der Waals surface area contributed by atoms with Crippen LogP contribution in [0.2, 0.25) is 0 Å². The molecule has 0 radical (unpaired) electrons. The van der Waals surface area contributed by atoms with Crippen LogP contribution in [0.5, 0.6) is 23.0 Å². The molecular weight excluding hydrogens is 587 g/mol. The van der Waals surface area contributed by atoms with Crippen molar-refractivity contribution in [2.75, 3.05) is 26.4 Å². The van der Waals surface area contributed by atoms with Gasteiger partial charge in [0, 0.05) is 30.1 Å². The van der Waals surface area contributed by atoms with Gasteiger partial charge in [-0.15, -0.1) is 0 Å². The van der Waals surface area contributed by atoms with E-state index in [1.807, 2.05) is 0 Å². The lowest BCUT2D eigenvalue weighted by Gasteiger charge is -2.10. The van der Waals surface area contributed by atoms with E-state index in [4.69, 9.17) is 28.4 Å². The Balaban J connectivity index is 1.43. The van der Waals surface area contributed by atoms with Gasteiger partial charge in [0.15, 0.2) is 11.6 Å². The van der Waals surface area contributed by atoms with Crippen molar-refractivity contribution in [1.29, 1.82) is 0 Å². The van der Waals surface area contributed by atoms with E-state index < -0.39 is 29.7 Å². The topological polar surface area (TPSA) is 124 Å². The molecule has 236 valence electrons. The number of rotatable bonds is 16. The summed E-state index contributed by atoms with van der Waals surface area (Å²) in [7, 11) is 0. The zero-order valence-corrected chi connectivity index (χ0v) is 25.0. The largest absolute Gasteiger partial charge is 0.493 e. The third kappa shape index (κ3) is 11.3. The normalized spacial score (nSPS) is 10.3. The van der Waals surface area contributed by atoms with Gasteiger partial charge in [0.1, 0.15) is 17.2 Å². The fourth-order valence-electron chi connectivity index (χ4n) is 3.40. The van der Waals surface area contributed by atoms with Crippen molar-refractivity contribution in [2.24, 2.45) is 0 Å². The quantitative estimate of drug-likeness (QED) is 0.0810. The minimum absolute atomic E-state index is 0.0853. The molecule has 0 atom stereocenters. The maximum absolute atomic E-state index is 14.7. The Bertz CT molecular complexity index is 1530. The zero-order chi connectivity index (χ0) is 32.8. The molecular formula is C34H33FO10. The number of ether oxygens (including phenoxy) is 6. The van der Waals surface area contributed by atoms with Gasteiger partial charge in [0.05, 0.1) is 37.6 Å². The molecule has 0 saturated carbocycles. The summed E-state index contributed by atoms with van der Waals surface area (Å²) in [5, 5.41) is 0. The molecule has 0 spiro atoms. The molecule has 0 aliphatic heterocycles. The van der Waals surface area contributed by atoms with Crippen LogP contribution in [0.15, 0.2) is 91.0 Å². The van der Waals surface area contributed by atoms with Gasteiger partial charge >= 0.3 is 23.9 Å². The molecule has 0 amide bonds. The Labute approximate surface area is 259 Å². The van der Waals surface area contributed by atoms with Crippen molar-refractivity contribution in [3.8, 4) is 23.0 Å². The monoisotopic (exact) mass is 620 g/mol. The lowest BCUT2D eigenvalue weighted by atomic mass is 10.2. The predicted octanol–water partition coefficient (Wildman–Crippen LogP) is 6.04. The number of benzene rings is 3. The van der Waals surface area contributed by atoms with E-state index in [1.54, 1.807) is 38.1 Å². The van der Waals surface area contributed by atoms with E-state index in [9.17, 15) is 23.6 Å². The average Bonchev–Trinajstić information content (AvgIpc) is 3.02. The van der Waals surface area contributed by atoms with Crippen molar-refractivity contribution in [3.63, 3.8) is 0 Å². The van der Waals surface area contributed by atoms with Crippen molar-refractivity contribution in [1.82, 2.24) is 0 Å². The van der Waals surface area contributed by atoms with Gasteiger partial charge < -0.3 is 28.4 Å². The molecule has 0 fully saturated rings. The Morgan fingerprint density at radius 1 is 0.600 bits per heavy atom. The van der Waals surface area contributed by atoms with Crippen LogP contribution in [0, 0.1) is 5.82 Å². The van der Waals surface area contributed by atoms with Crippen molar-refractivity contribution >= 4 is 23.9 Å². The molecule has 0 saturated heterocycles. The number of halogens is 1. The van der Waals surface area contributed by atoms with Gasteiger partial charge in [-0.05, 0) is 74.5 Å². The summed E-state index contributed by atoms with van der Waals surface area (Å²) in [5.74, 6) is -2.81. The zero-order valence-electron chi connectivity index (χ0n) is 25.0. The van der Waals surface area contributed by atoms with Gasteiger partial charge in [-0.1, -0.05) is 13.2 Å². The molecule has 11 heteroatoms. The maximum atomic E-state index is 14.7. The molecule has 3 aromatic rings. The predicted molar refractivity (Wildman–Crippen MR) is 161 cm³/mol. The molecule has 3 aromatic carbocycles. The molecule has 0 N–H and O–H groups in total. The summed E-state index contributed by atoms with van der Waals surface area (Å²) >= 11 is 0. The van der Waals surface area contributed by atoms with Crippen molar-refractivity contribution in [2.45, 2.75) is 26.7 Å². The van der Waals surface area contributed by atoms with E-state index in [2.05, 4.69) is 13.2 Å². The second-order valence-electron chi connectivity index (χ2n) is 9.66. The van der Waals surface area contributed by atoms with Gasteiger partial charge in [0.25, 0.3) is 0 Å². The molecule has 0 heterocycles. The second-order valence-corrected chi connectivity index (χ2v) is 9.66. The van der Waals surface area contributed by atoms with Gasteiger partial charge in [-0.25, -0.2) is 23.6 Å². The van der Waals surface area contributed by atoms with E-state index in [0.29, 0.717) is 42.1 Å². The van der Waals surface area contributed by atoms with Gasteiger partial charge in [-0.3, -0.25) is 0 Å². The summed E-state index contributed by atoms with van der Waals surface area (Å²) < 4.78 is 46.2. The Morgan fingerprint density at radius 3 is 1.44 bits per heavy atom. The molecule has 0 unspecified atom stereocenters. The van der Waals surface area contributed by atoms with E-state index >= 15 is 0 Å². The highest BCUT2D eigenvalue weighted by atomic mass is 19.1. The van der Waals surface area contributed by atoms with E-state index in [1.165, 1.54) is 36.4 Å². The number of hydrogen-bond acceptors (Lipinski definition) is 10. The smallest absolute Gasteiger partial charge is 0.343 e. The second kappa shape index (κ2) is 17.0. The van der Waals surface area contributed by atoms with Crippen LogP contribution in [-0.4, -0.2) is 50.3 Å². The van der Waals surface area contributed by atoms with Crippen molar-refractivity contribution < 1.29 is 52.0 Å². The highest BCUT2D eigenvalue weighted by molar-refractivity contribution is 5.92. The van der Waals surface area contributed by atoms with Crippen LogP contribution < -0.4 is 18.9 Å². The summed E-state index contributed by atoms with van der Waals surface area (Å²) in [6.45, 7) is 11.1. The highest BCUT2D eigenvalue weighted by Crippen LogP contribution is 2.25. The van der Waals surface area contributed by atoms with Crippen LogP contribution >= 0.6 is 0 Å². The van der Waals surface area contributed by atoms with Gasteiger partial charge in [-0.2, -0.15) is 0 Å². The van der Waals surface area contributed by atoms with E-state index in [-0.39, 0.29) is 42.4 Å². The number of carbonyl (C=O) groups excluding carboxylic acids is 4. The highest BCUT2D eigenvalue weighted by Gasteiger charge is 2.15. The molecule has 45 heavy (non-hydrogen) atoms. The third-order valence-electron chi connectivity index (χ3n) is 5.77. The maximum Gasteiger partial charge on any atom is 0.343 e. The molecule has 10 nitrogen and oxygen atoms in total. The Hall–Kier alpha value is -5.45. The standard InChI is InChI=1S/C34H33FO10/c1-22(2)31(36)42-19-5-17-40-26-11-7-24(8-12-26)33(38)44-28-15-16-30(29(35)21-28)45-34(39)25-9-13-27(14-10-25)41-18-6-20-43-32(37)23(3)4/h7-16,21H,1,3,5-6,17-20H2,2,4H3. The Morgan fingerprint density at radius 2 is 1.02 bits per heavy atom. The lowest BCUT2D eigenvalue weighted by Crippen LogP contribution is -2.11. The summed E-state index contributed by atoms with van der Waals surface area (Å²) in [6, 6.07) is 15.6. The fraction of sp³-hybridized carbons (Fsp3) is 0.235. The first-order valence-corrected chi connectivity index (χ1v) is 13.9. The van der Waals surface area contributed by atoms with Gasteiger partial charge in [0.2, 0.25) is 0 Å². The van der Waals surface area contributed by atoms with E-state index in [0.717, 1.165) is 6.07 Å². The fourth-order valence-corrected chi connectivity index (χ4v) is 3.40. The average molecular weight is 621 g/mol. The van der Waals surface area contributed by atoms with Crippen LogP contribution in [0.1, 0.15) is 47.4 Å². The number of carbonyl (C=O) groups is 4. The summed E-state index contributed by atoms with van der Waals surface area (Å²) in [5.41, 5.74) is 0.998. The number of hydrogen-bond donors (Lipinski definition) is 0. The first-order valence-electron chi connectivity index (χ1n) is 13.9. The number of esters is 4. The molecule has 3 rings (SSSR count). The van der Waals surface area contributed by atoms with Crippen LogP contribution in [0.25, 0.3) is 0 Å². The summed E-state index contributed by atoms with van der Waals surface area (Å²) in [6.07, 6.45) is 0.938. The first-order chi connectivity index (χ1) is 21.5. The molecule has 0 bridgehead atoms. The first kappa shape index (κ1) is 34.0. The van der Waals surface area contributed by atoms with Crippen LogP contribution in [0.4, 0.5) is 4.39 Å². The Kier molecular flexibility index (Phi) is 12.9. The van der Waals surface area contributed by atoms with Crippen LogP contribution in [-0.2, 0) is 19.1 Å². The molecule has 0 aliphatic rings. The van der Waals surface area contributed by atoms with Crippen molar-refractivity contribution in [3.05, 3.63) is 108 Å².